The van der Waals surface area contributed by atoms with Crippen LogP contribution in [0.4, 0.5) is 0 Å². The highest BCUT2D eigenvalue weighted by molar-refractivity contribution is 7.15. The minimum atomic E-state index is 0.0924. The van der Waals surface area contributed by atoms with E-state index < -0.39 is 0 Å². The van der Waals surface area contributed by atoms with Crippen LogP contribution in [0.25, 0.3) is 10.4 Å². The van der Waals surface area contributed by atoms with E-state index in [-0.39, 0.29) is 6.61 Å². The molecule has 3 heteroatoms. The second-order valence-electron chi connectivity index (χ2n) is 2.90. The predicted molar refractivity (Wildman–Crippen MR) is 60.7 cm³/mol. The van der Waals surface area contributed by atoms with E-state index in [4.69, 9.17) is 16.7 Å². The van der Waals surface area contributed by atoms with Gasteiger partial charge in [-0.05, 0) is 18.2 Å². The van der Waals surface area contributed by atoms with Crippen molar-refractivity contribution in [3.05, 3.63) is 46.3 Å². The number of hydrogen-bond donors (Lipinski definition) is 1. The lowest BCUT2D eigenvalue weighted by atomic mass is 10.2. The van der Waals surface area contributed by atoms with Gasteiger partial charge < -0.3 is 5.11 Å². The monoisotopic (exact) mass is 224 g/mol. The van der Waals surface area contributed by atoms with Crippen molar-refractivity contribution in [2.45, 2.75) is 6.61 Å². The summed E-state index contributed by atoms with van der Waals surface area (Å²) >= 11 is 7.62. The highest BCUT2D eigenvalue weighted by Gasteiger charge is 2.05. The first-order chi connectivity index (χ1) is 6.81. The fraction of sp³-hybridized carbons (Fsp3) is 0.0909. The third-order valence-corrected chi connectivity index (χ3v) is 3.39. The molecule has 1 N–H and O–H groups in total. The highest BCUT2D eigenvalue weighted by atomic mass is 35.5. The molecule has 1 aromatic carbocycles. The Labute approximate surface area is 91.6 Å². The van der Waals surface area contributed by atoms with E-state index in [9.17, 15) is 0 Å². The van der Waals surface area contributed by atoms with Gasteiger partial charge >= 0.3 is 0 Å². The summed E-state index contributed by atoms with van der Waals surface area (Å²) < 4.78 is 0. The molecule has 0 fully saturated rings. The first-order valence-corrected chi connectivity index (χ1v) is 5.45. The molecule has 0 aliphatic carbocycles. The summed E-state index contributed by atoms with van der Waals surface area (Å²) in [6, 6.07) is 11.6. The summed E-state index contributed by atoms with van der Waals surface area (Å²) in [6.45, 7) is 0.0924. The Bertz CT molecular complexity index is 436. The highest BCUT2D eigenvalue weighted by Crippen LogP contribution is 2.32. The number of thiophene rings is 1. The van der Waals surface area contributed by atoms with Gasteiger partial charge in [0, 0.05) is 20.3 Å². The third-order valence-electron chi connectivity index (χ3n) is 1.96. The van der Waals surface area contributed by atoms with Gasteiger partial charge in [0.25, 0.3) is 0 Å². The molecule has 0 bridgehead atoms. The topological polar surface area (TPSA) is 20.2 Å². The molecular weight excluding hydrogens is 216 g/mol. The third kappa shape index (κ3) is 1.82. The summed E-state index contributed by atoms with van der Waals surface area (Å²) in [4.78, 5) is 2.06. The summed E-state index contributed by atoms with van der Waals surface area (Å²) in [5.41, 5.74) is 1.03. The van der Waals surface area contributed by atoms with Crippen molar-refractivity contribution in [1.29, 1.82) is 0 Å². The molecule has 2 rings (SSSR count). The molecule has 0 aliphatic rings. The normalized spacial score (nSPS) is 10.4. The molecule has 0 saturated carbocycles. The van der Waals surface area contributed by atoms with Crippen molar-refractivity contribution < 1.29 is 5.11 Å². The molecule has 1 heterocycles. The van der Waals surface area contributed by atoms with Crippen molar-refractivity contribution >= 4 is 22.9 Å². The second-order valence-corrected chi connectivity index (χ2v) is 4.48. The van der Waals surface area contributed by atoms with Crippen LogP contribution in [0.15, 0.2) is 36.4 Å². The lowest BCUT2D eigenvalue weighted by Gasteiger charge is -1.99. The summed E-state index contributed by atoms with van der Waals surface area (Å²) in [5.74, 6) is 0. The van der Waals surface area contributed by atoms with Crippen molar-refractivity contribution in [3.8, 4) is 10.4 Å². The predicted octanol–water partition coefficient (Wildman–Crippen LogP) is 3.56. The first kappa shape index (κ1) is 9.71. The van der Waals surface area contributed by atoms with Gasteiger partial charge in [0.15, 0.2) is 0 Å². The van der Waals surface area contributed by atoms with Gasteiger partial charge in [-0.2, -0.15) is 0 Å². The van der Waals surface area contributed by atoms with Gasteiger partial charge in [-0.25, -0.2) is 0 Å². The Hall–Kier alpha value is -0.830. The van der Waals surface area contributed by atoms with E-state index in [1.165, 1.54) is 0 Å². The molecule has 0 saturated heterocycles. The molecule has 1 aromatic heterocycles. The fourth-order valence-electron chi connectivity index (χ4n) is 1.27. The van der Waals surface area contributed by atoms with Crippen LogP contribution in [0.1, 0.15) is 4.88 Å². The molecule has 14 heavy (non-hydrogen) atoms. The van der Waals surface area contributed by atoms with Gasteiger partial charge in [0.1, 0.15) is 0 Å². The van der Waals surface area contributed by atoms with Crippen molar-refractivity contribution in [2.24, 2.45) is 0 Å². The number of halogens is 1. The lowest BCUT2D eigenvalue weighted by Crippen LogP contribution is -1.73. The summed E-state index contributed by atoms with van der Waals surface area (Å²) in [5, 5.41) is 9.69. The molecule has 0 unspecified atom stereocenters. The summed E-state index contributed by atoms with van der Waals surface area (Å²) in [7, 11) is 0. The first-order valence-electron chi connectivity index (χ1n) is 4.26. The SMILES string of the molecule is OCc1ccc(-c2ccccc2Cl)s1. The van der Waals surface area contributed by atoms with Crippen LogP contribution in [-0.4, -0.2) is 5.11 Å². The number of aliphatic hydroxyl groups is 1. The van der Waals surface area contributed by atoms with Crippen molar-refractivity contribution in [2.75, 3.05) is 0 Å². The number of hydrogen-bond acceptors (Lipinski definition) is 2. The fourth-order valence-corrected chi connectivity index (χ4v) is 2.47. The van der Waals surface area contributed by atoms with Crippen LogP contribution >= 0.6 is 22.9 Å². The van der Waals surface area contributed by atoms with E-state index in [0.717, 1.165) is 20.3 Å². The van der Waals surface area contributed by atoms with Crippen LogP contribution in [0.2, 0.25) is 5.02 Å². The Morgan fingerprint density at radius 2 is 1.93 bits per heavy atom. The summed E-state index contributed by atoms with van der Waals surface area (Å²) in [6.07, 6.45) is 0. The van der Waals surface area contributed by atoms with Crippen molar-refractivity contribution in [3.63, 3.8) is 0 Å². The van der Waals surface area contributed by atoms with Crippen molar-refractivity contribution in [1.82, 2.24) is 0 Å². The van der Waals surface area contributed by atoms with Gasteiger partial charge in [-0.1, -0.05) is 29.8 Å². The maximum atomic E-state index is 8.94. The largest absolute Gasteiger partial charge is 0.391 e. The number of benzene rings is 1. The molecule has 0 amide bonds. The second kappa shape index (κ2) is 4.13. The Kier molecular flexibility index (Phi) is 2.87. The zero-order chi connectivity index (χ0) is 9.97. The van der Waals surface area contributed by atoms with Gasteiger partial charge in [-0.3, -0.25) is 0 Å². The average Bonchev–Trinajstić information content (AvgIpc) is 2.67. The number of rotatable bonds is 2. The van der Waals surface area contributed by atoms with Crippen LogP contribution < -0.4 is 0 Å². The lowest BCUT2D eigenvalue weighted by molar-refractivity contribution is 0.285. The number of aliphatic hydroxyl groups excluding tert-OH is 1. The quantitative estimate of drug-likeness (QED) is 0.827. The maximum Gasteiger partial charge on any atom is 0.0774 e. The Balaban J connectivity index is 2.44. The van der Waals surface area contributed by atoms with Gasteiger partial charge in [0.2, 0.25) is 0 Å². The molecule has 2 aromatic rings. The molecule has 1 nitrogen and oxygen atoms in total. The van der Waals surface area contributed by atoms with E-state index >= 15 is 0 Å². The Morgan fingerprint density at radius 3 is 2.57 bits per heavy atom. The zero-order valence-corrected chi connectivity index (χ0v) is 8.98. The molecule has 0 atom stereocenters. The molecule has 0 spiro atoms. The standard InChI is InChI=1S/C11H9ClOS/c12-10-4-2-1-3-9(10)11-6-5-8(7-13)14-11/h1-6,13H,7H2. The average molecular weight is 225 g/mol. The van der Waals surface area contributed by atoms with E-state index in [0.29, 0.717) is 0 Å². The minimum absolute atomic E-state index is 0.0924. The smallest absolute Gasteiger partial charge is 0.0774 e. The Morgan fingerprint density at radius 1 is 1.14 bits per heavy atom. The molecule has 72 valence electrons. The molecular formula is C11H9ClOS. The van der Waals surface area contributed by atoms with E-state index in [1.807, 2.05) is 36.4 Å². The van der Waals surface area contributed by atoms with Crippen LogP contribution in [0, 0.1) is 0 Å². The van der Waals surface area contributed by atoms with E-state index in [1.54, 1.807) is 11.3 Å². The molecule has 0 radical (unpaired) electrons. The van der Waals surface area contributed by atoms with Crippen LogP contribution in [-0.2, 0) is 6.61 Å². The molecule has 0 aliphatic heterocycles. The van der Waals surface area contributed by atoms with Gasteiger partial charge in [0.05, 0.1) is 6.61 Å². The zero-order valence-electron chi connectivity index (χ0n) is 7.40. The van der Waals surface area contributed by atoms with Crippen LogP contribution in [0.3, 0.4) is 0 Å². The minimum Gasteiger partial charge on any atom is -0.391 e. The van der Waals surface area contributed by atoms with Crippen LogP contribution in [0.5, 0.6) is 0 Å². The van der Waals surface area contributed by atoms with E-state index in [2.05, 4.69) is 0 Å². The maximum absolute atomic E-state index is 8.94. The van der Waals surface area contributed by atoms with Gasteiger partial charge in [-0.15, -0.1) is 11.3 Å².